The number of carbonyl (C=O) groups excluding carboxylic acids is 4. The zero-order valence-electron chi connectivity index (χ0n) is 35.4. The van der Waals surface area contributed by atoms with E-state index in [1.54, 1.807) is 42.5 Å². The smallest absolute Gasteiger partial charge is 0.252 e. The average Bonchev–Trinajstić information content (AvgIpc) is 3.33. The van der Waals surface area contributed by atoms with Gasteiger partial charge in [0, 0.05) is 22.3 Å². The molecular formula is C54H54N4O5. The Balaban J connectivity index is 1.32. The molecule has 6 aromatic carbocycles. The number of fused-ring (bicyclic) bond motifs is 4. The number of carbonyl (C=O) groups is 4. The second kappa shape index (κ2) is 22.0. The zero-order chi connectivity index (χ0) is 43.8. The lowest BCUT2D eigenvalue weighted by molar-refractivity contribution is 0.0873. The molecule has 1 aliphatic rings. The van der Waals surface area contributed by atoms with E-state index in [-0.39, 0.29) is 22.3 Å². The highest BCUT2D eigenvalue weighted by Crippen LogP contribution is 2.33. The van der Waals surface area contributed by atoms with Gasteiger partial charge < -0.3 is 26.0 Å². The first kappa shape index (κ1) is 43.8. The Morgan fingerprint density at radius 2 is 0.730 bits per heavy atom. The summed E-state index contributed by atoms with van der Waals surface area (Å²) in [5, 5.41) is 12.9. The number of hydrogen-bond acceptors (Lipinski definition) is 5. The Morgan fingerprint density at radius 1 is 0.397 bits per heavy atom. The molecule has 1 aliphatic heterocycles. The topological polar surface area (TPSA) is 126 Å². The molecular weight excluding hydrogens is 785 g/mol. The lowest BCUT2D eigenvalue weighted by atomic mass is 9.91. The molecule has 9 nitrogen and oxygen atoms in total. The van der Waals surface area contributed by atoms with Crippen LogP contribution in [-0.2, 0) is 0 Å². The van der Waals surface area contributed by atoms with E-state index in [1.807, 2.05) is 127 Å². The fourth-order valence-corrected chi connectivity index (χ4v) is 8.01. The molecule has 0 unspecified atom stereocenters. The number of allylic oxidation sites excluding steroid dienone is 1. The number of amides is 4. The SMILES string of the molecule is C=CCCCCCCCCOc1cc2cc(c1)C(=O)N[C@H](c1ccccc1)[C@@H](c1ccccc1)NC(=O)c1cccc(c1)C(=O)N[C@H](c1ccccc1)[C@@H](c1ccccc1)NC2=O. The maximum atomic E-state index is 14.7. The molecule has 0 aliphatic carbocycles. The highest BCUT2D eigenvalue weighted by molar-refractivity contribution is 6.02. The third-order valence-corrected chi connectivity index (χ3v) is 11.3. The Hall–Kier alpha value is -7.26. The number of unbranched alkanes of at least 4 members (excludes halogenated alkanes) is 6. The summed E-state index contributed by atoms with van der Waals surface area (Å²) in [7, 11) is 0. The normalized spacial score (nSPS) is 18.1. The van der Waals surface area contributed by atoms with Crippen LogP contribution in [0.4, 0.5) is 0 Å². The van der Waals surface area contributed by atoms with Gasteiger partial charge in [-0.15, -0.1) is 6.58 Å². The van der Waals surface area contributed by atoms with Crippen LogP contribution in [0.2, 0.25) is 0 Å². The summed E-state index contributed by atoms with van der Waals surface area (Å²) in [6.45, 7) is 4.22. The van der Waals surface area contributed by atoms with Gasteiger partial charge in [-0.1, -0.05) is 159 Å². The number of hydrogen-bond donors (Lipinski definition) is 4. The van der Waals surface area contributed by atoms with Crippen molar-refractivity contribution in [1.29, 1.82) is 0 Å². The van der Waals surface area contributed by atoms with E-state index in [1.165, 1.54) is 0 Å². The first-order valence-corrected chi connectivity index (χ1v) is 21.8. The van der Waals surface area contributed by atoms with E-state index in [4.69, 9.17) is 4.74 Å². The molecule has 4 amide bonds. The van der Waals surface area contributed by atoms with Crippen molar-refractivity contribution in [3.8, 4) is 5.75 Å². The number of ether oxygens (including phenoxy) is 1. The number of rotatable bonds is 14. The molecule has 4 N–H and O–H groups in total. The van der Waals surface area contributed by atoms with Crippen molar-refractivity contribution in [3.63, 3.8) is 0 Å². The Bertz CT molecular complexity index is 2310. The Kier molecular flexibility index (Phi) is 15.3. The van der Waals surface area contributed by atoms with Crippen molar-refractivity contribution in [2.45, 2.75) is 69.1 Å². The van der Waals surface area contributed by atoms with E-state index in [0.29, 0.717) is 12.4 Å². The van der Waals surface area contributed by atoms with Crippen molar-refractivity contribution < 1.29 is 23.9 Å². The molecule has 1 heterocycles. The quantitative estimate of drug-likeness (QED) is 0.0642. The molecule has 0 spiro atoms. The first-order valence-electron chi connectivity index (χ1n) is 21.8. The fourth-order valence-electron chi connectivity index (χ4n) is 8.01. The van der Waals surface area contributed by atoms with Gasteiger partial charge in [-0.05, 0) is 77.9 Å². The second-order valence-electron chi connectivity index (χ2n) is 15.8. The van der Waals surface area contributed by atoms with Gasteiger partial charge in [-0.2, -0.15) is 0 Å². The van der Waals surface area contributed by atoms with E-state index in [0.717, 1.165) is 67.2 Å². The third-order valence-electron chi connectivity index (χ3n) is 11.3. The molecule has 0 saturated carbocycles. The van der Waals surface area contributed by atoms with Crippen LogP contribution in [0.1, 0.15) is 133 Å². The minimum Gasteiger partial charge on any atom is -0.494 e. The summed E-state index contributed by atoms with van der Waals surface area (Å²) in [4.78, 5) is 58.2. The summed E-state index contributed by atoms with van der Waals surface area (Å²) in [5.74, 6) is -1.41. The largest absolute Gasteiger partial charge is 0.494 e. The molecule has 0 fully saturated rings. The highest BCUT2D eigenvalue weighted by atomic mass is 16.5. The van der Waals surface area contributed by atoms with Gasteiger partial charge in [-0.3, -0.25) is 19.2 Å². The van der Waals surface area contributed by atoms with Gasteiger partial charge in [0.2, 0.25) is 0 Å². The van der Waals surface area contributed by atoms with Crippen LogP contribution in [0, 0.1) is 0 Å². The van der Waals surface area contributed by atoms with Crippen molar-refractivity contribution >= 4 is 23.6 Å². The van der Waals surface area contributed by atoms with Crippen molar-refractivity contribution in [2.24, 2.45) is 0 Å². The lowest BCUT2D eigenvalue weighted by Gasteiger charge is -2.31. The van der Waals surface area contributed by atoms with E-state index in [9.17, 15) is 19.2 Å². The van der Waals surface area contributed by atoms with Gasteiger partial charge in [0.1, 0.15) is 5.75 Å². The number of nitrogens with one attached hydrogen (secondary N) is 4. The minimum atomic E-state index is -0.766. The molecule has 0 radical (unpaired) electrons. The lowest BCUT2D eigenvalue weighted by Crippen LogP contribution is -2.42. The van der Waals surface area contributed by atoms with Gasteiger partial charge >= 0.3 is 0 Å². The molecule has 0 saturated heterocycles. The monoisotopic (exact) mass is 838 g/mol. The molecule has 0 aromatic heterocycles. The summed E-state index contributed by atoms with van der Waals surface area (Å²) < 4.78 is 6.31. The van der Waals surface area contributed by atoms with Gasteiger partial charge in [0.05, 0.1) is 30.8 Å². The van der Waals surface area contributed by atoms with Crippen LogP contribution < -0.4 is 26.0 Å². The molecule has 4 bridgehead atoms. The minimum absolute atomic E-state index is 0.205. The predicted molar refractivity (Wildman–Crippen MR) is 247 cm³/mol. The van der Waals surface area contributed by atoms with Crippen molar-refractivity contribution in [2.75, 3.05) is 6.61 Å². The van der Waals surface area contributed by atoms with Crippen LogP contribution in [-0.4, -0.2) is 30.2 Å². The van der Waals surface area contributed by atoms with E-state index in [2.05, 4.69) is 27.8 Å². The van der Waals surface area contributed by atoms with Gasteiger partial charge in [-0.25, -0.2) is 0 Å². The predicted octanol–water partition coefficient (Wildman–Crippen LogP) is 10.6. The van der Waals surface area contributed by atoms with Crippen molar-refractivity contribution in [1.82, 2.24) is 21.3 Å². The summed E-state index contributed by atoms with van der Waals surface area (Å²) in [5.41, 5.74) is 3.92. The molecule has 7 rings (SSSR count). The van der Waals surface area contributed by atoms with Crippen LogP contribution in [0.3, 0.4) is 0 Å². The Morgan fingerprint density at radius 3 is 1.11 bits per heavy atom. The summed E-state index contributed by atoms with van der Waals surface area (Å²) >= 11 is 0. The molecule has 9 heteroatoms. The van der Waals surface area contributed by atoms with E-state index >= 15 is 0 Å². The first-order chi connectivity index (χ1) is 30.9. The average molecular weight is 839 g/mol. The molecule has 4 atom stereocenters. The van der Waals surface area contributed by atoms with Crippen LogP contribution >= 0.6 is 0 Å². The van der Waals surface area contributed by atoms with E-state index < -0.39 is 47.8 Å². The highest BCUT2D eigenvalue weighted by Gasteiger charge is 2.32. The maximum absolute atomic E-state index is 14.7. The maximum Gasteiger partial charge on any atom is 0.252 e. The fraction of sp³-hybridized carbons (Fsp3) is 0.222. The number of benzene rings is 6. The second-order valence-corrected chi connectivity index (χ2v) is 15.8. The van der Waals surface area contributed by atoms with Crippen molar-refractivity contribution in [3.05, 3.63) is 221 Å². The van der Waals surface area contributed by atoms with Gasteiger partial charge in [0.15, 0.2) is 0 Å². The van der Waals surface area contributed by atoms with Crippen LogP contribution in [0.15, 0.2) is 176 Å². The molecule has 320 valence electrons. The van der Waals surface area contributed by atoms with Crippen LogP contribution in [0.5, 0.6) is 5.75 Å². The zero-order valence-corrected chi connectivity index (χ0v) is 35.4. The van der Waals surface area contributed by atoms with Gasteiger partial charge in [0.25, 0.3) is 23.6 Å². The van der Waals surface area contributed by atoms with Crippen LogP contribution in [0.25, 0.3) is 0 Å². The summed E-state index contributed by atoms with van der Waals surface area (Å²) in [6.07, 6.45) is 9.30. The summed E-state index contributed by atoms with van der Waals surface area (Å²) in [6, 6.07) is 46.1. The molecule has 6 aromatic rings. The third kappa shape index (κ3) is 11.8. The standard InChI is InChI=1S/C54H54N4O5/c1-2-3-4-5-6-7-8-21-33-63-46-36-44-35-45(37-46)54(62)58-50(41-29-19-12-20-30-41)48(39-25-15-10-16-26-39)56-52(60)43-32-22-31-42(34-43)51(59)55-47(38-23-13-9-14-24-38)49(57-53(44)61)40-27-17-11-18-28-40/h2,9-20,22-32,34-37,47-50H,1,3-8,21,33H2,(H,55,59)(H,56,60)(H,57,61)(H,58,62)/t47-,48-,49-,50-/m1/s1. The Labute approximate surface area is 370 Å². The molecule has 63 heavy (non-hydrogen) atoms.